The minimum absolute atomic E-state index is 0.613. The number of nitrogens with zero attached hydrogens (tertiary/aromatic N) is 2. The Morgan fingerprint density at radius 3 is 2.17 bits per heavy atom. The van der Waals surface area contributed by atoms with E-state index >= 15 is 0 Å². The normalized spacial score (nSPS) is 14.8. The molecule has 0 bridgehead atoms. The lowest BCUT2D eigenvalue weighted by molar-refractivity contribution is 0.211. The topological polar surface area (TPSA) is 53.0 Å². The van der Waals surface area contributed by atoms with Gasteiger partial charge < -0.3 is 10.6 Å². The zero-order valence-corrected chi connectivity index (χ0v) is 12.7. The standard InChI is InChI=1S/C15H31N3/c1-5-6-8-11-18(14(2)3)12-9-7-10-15(4,17)13-16/h14H,5-12,17H2,1-4H3. The van der Waals surface area contributed by atoms with Gasteiger partial charge in [0.25, 0.3) is 0 Å². The molecule has 0 amide bonds. The molecule has 2 N–H and O–H groups in total. The molecule has 0 aliphatic rings. The molecular weight excluding hydrogens is 222 g/mol. The molecule has 0 fully saturated rings. The second kappa shape index (κ2) is 9.35. The first-order valence-electron chi connectivity index (χ1n) is 7.37. The fourth-order valence-corrected chi connectivity index (χ4v) is 2.06. The van der Waals surface area contributed by atoms with Crippen LogP contribution in [0.2, 0.25) is 0 Å². The van der Waals surface area contributed by atoms with Gasteiger partial charge in [-0.05, 0) is 59.5 Å². The largest absolute Gasteiger partial charge is 0.314 e. The average molecular weight is 253 g/mol. The van der Waals surface area contributed by atoms with Gasteiger partial charge in [0, 0.05) is 6.04 Å². The van der Waals surface area contributed by atoms with Crippen molar-refractivity contribution in [3.05, 3.63) is 0 Å². The minimum atomic E-state index is -0.648. The average Bonchev–Trinajstić information content (AvgIpc) is 2.32. The number of rotatable bonds is 10. The molecule has 0 rings (SSSR count). The molecule has 0 saturated carbocycles. The maximum Gasteiger partial charge on any atom is 0.101 e. The molecule has 0 aromatic rings. The summed E-state index contributed by atoms with van der Waals surface area (Å²) in [5.74, 6) is 0. The van der Waals surface area contributed by atoms with Gasteiger partial charge in [-0.2, -0.15) is 5.26 Å². The van der Waals surface area contributed by atoms with Gasteiger partial charge in [-0.25, -0.2) is 0 Å². The highest BCUT2D eigenvalue weighted by Crippen LogP contribution is 2.11. The van der Waals surface area contributed by atoms with Crippen molar-refractivity contribution in [2.75, 3.05) is 13.1 Å². The van der Waals surface area contributed by atoms with E-state index < -0.39 is 5.54 Å². The zero-order valence-electron chi connectivity index (χ0n) is 12.7. The summed E-state index contributed by atoms with van der Waals surface area (Å²) in [6, 6.07) is 2.77. The van der Waals surface area contributed by atoms with Crippen LogP contribution in [-0.2, 0) is 0 Å². The Balaban J connectivity index is 3.81. The van der Waals surface area contributed by atoms with Crippen LogP contribution >= 0.6 is 0 Å². The summed E-state index contributed by atoms with van der Waals surface area (Å²) in [6.45, 7) is 10.9. The SMILES string of the molecule is CCCCCN(CCCCC(C)(N)C#N)C(C)C. The Labute approximate surface area is 113 Å². The molecule has 0 aliphatic heterocycles. The Bertz CT molecular complexity index is 241. The van der Waals surface area contributed by atoms with E-state index in [9.17, 15) is 0 Å². The highest BCUT2D eigenvalue weighted by atomic mass is 15.1. The summed E-state index contributed by atoms with van der Waals surface area (Å²) in [5.41, 5.74) is 5.17. The molecule has 3 heteroatoms. The van der Waals surface area contributed by atoms with Gasteiger partial charge >= 0.3 is 0 Å². The van der Waals surface area contributed by atoms with Gasteiger partial charge in [-0.15, -0.1) is 0 Å². The molecule has 106 valence electrons. The fraction of sp³-hybridized carbons (Fsp3) is 0.933. The Morgan fingerprint density at radius 2 is 1.72 bits per heavy atom. The lowest BCUT2D eigenvalue weighted by Gasteiger charge is -2.26. The molecular formula is C15H31N3. The van der Waals surface area contributed by atoms with Crippen LogP contribution in [0, 0.1) is 11.3 Å². The van der Waals surface area contributed by atoms with Crippen molar-refractivity contribution >= 4 is 0 Å². The minimum Gasteiger partial charge on any atom is -0.314 e. The van der Waals surface area contributed by atoms with Crippen LogP contribution in [0.3, 0.4) is 0 Å². The van der Waals surface area contributed by atoms with Gasteiger partial charge in [0.1, 0.15) is 5.54 Å². The van der Waals surface area contributed by atoms with E-state index in [1.54, 1.807) is 0 Å². The van der Waals surface area contributed by atoms with E-state index in [-0.39, 0.29) is 0 Å². The molecule has 3 nitrogen and oxygen atoms in total. The quantitative estimate of drug-likeness (QED) is 0.608. The molecule has 1 atom stereocenters. The summed E-state index contributed by atoms with van der Waals surface area (Å²) < 4.78 is 0. The Hall–Kier alpha value is -0.590. The molecule has 0 heterocycles. The van der Waals surface area contributed by atoms with Crippen LogP contribution in [0.5, 0.6) is 0 Å². The van der Waals surface area contributed by atoms with E-state index in [0.29, 0.717) is 6.04 Å². The number of unbranched alkanes of at least 4 members (excludes halogenated alkanes) is 3. The van der Waals surface area contributed by atoms with Crippen molar-refractivity contribution in [3.63, 3.8) is 0 Å². The first kappa shape index (κ1) is 17.4. The summed E-state index contributed by atoms with van der Waals surface area (Å²) >= 11 is 0. The van der Waals surface area contributed by atoms with Crippen molar-refractivity contribution in [2.45, 2.75) is 77.8 Å². The second-order valence-corrected chi connectivity index (χ2v) is 5.82. The van der Waals surface area contributed by atoms with Gasteiger partial charge in [-0.3, -0.25) is 0 Å². The summed E-state index contributed by atoms with van der Waals surface area (Å²) in [4.78, 5) is 2.54. The molecule has 0 spiro atoms. The van der Waals surface area contributed by atoms with Crippen LogP contribution in [0.1, 0.15) is 66.2 Å². The van der Waals surface area contributed by atoms with E-state index in [4.69, 9.17) is 11.0 Å². The van der Waals surface area contributed by atoms with Crippen LogP contribution in [-0.4, -0.2) is 29.6 Å². The lowest BCUT2D eigenvalue weighted by Crippen LogP contribution is -2.35. The van der Waals surface area contributed by atoms with E-state index in [1.165, 1.54) is 25.8 Å². The van der Waals surface area contributed by atoms with Gasteiger partial charge in [0.15, 0.2) is 0 Å². The molecule has 0 aromatic carbocycles. The molecule has 1 unspecified atom stereocenters. The number of hydrogen-bond acceptors (Lipinski definition) is 3. The van der Waals surface area contributed by atoms with Crippen molar-refractivity contribution < 1.29 is 0 Å². The maximum absolute atomic E-state index is 8.85. The summed E-state index contributed by atoms with van der Waals surface area (Å²) in [5, 5.41) is 8.85. The highest BCUT2D eigenvalue weighted by Gasteiger charge is 2.16. The summed E-state index contributed by atoms with van der Waals surface area (Å²) in [7, 11) is 0. The first-order chi connectivity index (χ1) is 8.43. The van der Waals surface area contributed by atoms with Crippen LogP contribution in [0.15, 0.2) is 0 Å². The van der Waals surface area contributed by atoms with Crippen LogP contribution in [0.25, 0.3) is 0 Å². The van der Waals surface area contributed by atoms with Crippen molar-refractivity contribution in [2.24, 2.45) is 5.73 Å². The van der Waals surface area contributed by atoms with Crippen LogP contribution < -0.4 is 5.73 Å². The third-order valence-electron chi connectivity index (χ3n) is 3.43. The predicted octanol–water partition coefficient (Wildman–Crippen LogP) is 3.30. The first-order valence-corrected chi connectivity index (χ1v) is 7.37. The van der Waals surface area contributed by atoms with Gasteiger partial charge in [0.05, 0.1) is 6.07 Å². The highest BCUT2D eigenvalue weighted by molar-refractivity contribution is 5.00. The third-order valence-corrected chi connectivity index (χ3v) is 3.43. The van der Waals surface area contributed by atoms with E-state index in [0.717, 1.165) is 25.8 Å². The number of nitriles is 1. The molecule has 18 heavy (non-hydrogen) atoms. The molecule has 0 radical (unpaired) electrons. The molecule has 0 saturated heterocycles. The van der Waals surface area contributed by atoms with Crippen molar-refractivity contribution in [1.29, 1.82) is 5.26 Å². The fourth-order valence-electron chi connectivity index (χ4n) is 2.06. The smallest absolute Gasteiger partial charge is 0.101 e. The lowest BCUT2D eigenvalue weighted by atomic mass is 9.98. The van der Waals surface area contributed by atoms with Crippen LogP contribution in [0.4, 0.5) is 0 Å². The predicted molar refractivity (Wildman–Crippen MR) is 78.3 cm³/mol. The maximum atomic E-state index is 8.85. The monoisotopic (exact) mass is 253 g/mol. The van der Waals surface area contributed by atoms with Crippen molar-refractivity contribution in [1.82, 2.24) is 4.90 Å². The van der Waals surface area contributed by atoms with Gasteiger partial charge in [0.2, 0.25) is 0 Å². The van der Waals surface area contributed by atoms with E-state index in [2.05, 4.69) is 31.7 Å². The molecule has 0 aromatic heterocycles. The molecule has 0 aliphatic carbocycles. The summed E-state index contributed by atoms with van der Waals surface area (Å²) in [6.07, 6.45) is 6.86. The second-order valence-electron chi connectivity index (χ2n) is 5.82. The zero-order chi connectivity index (χ0) is 14.0. The third kappa shape index (κ3) is 8.49. The number of nitrogens with two attached hydrogens (primary N) is 1. The number of hydrogen-bond donors (Lipinski definition) is 1. The van der Waals surface area contributed by atoms with Gasteiger partial charge in [-0.1, -0.05) is 19.8 Å². The van der Waals surface area contributed by atoms with E-state index in [1.807, 2.05) is 6.92 Å². The van der Waals surface area contributed by atoms with Crippen molar-refractivity contribution in [3.8, 4) is 6.07 Å². The Morgan fingerprint density at radius 1 is 1.17 bits per heavy atom. The Kier molecular flexibility index (Phi) is 9.05.